The molecule has 102 valence electrons. The van der Waals surface area contributed by atoms with Crippen molar-refractivity contribution in [1.82, 2.24) is 4.57 Å². The van der Waals surface area contributed by atoms with Gasteiger partial charge in [-0.1, -0.05) is 0 Å². The van der Waals surface area contributed by atoms with E-state index >= 15 is 0 Å². The lowest BCUT2D eigenvalue weighted by Gasteiger charge is -2.10. The number of benzene rings is 1. The van der Waals surface area contributed by atoms with Crippen LogP contribution in [0.15, 0.2) is 18.3 Å². The number of nitrogens with zero attached hydrogens (tertiary/aromatic N) is 1. The van der Waals surface area contributed by atoms with E-state index in [2.05, 4.69) is 0 Å². The lowest BCUT2D eigenvalue weighted by atomic mass is 10.1. The van der Waals surface area contributed by atoms with E-state index in [9.17, 15) is 4.79 Å². The highest BCUT2D eigenvalue weighted by Crippen LogP contribution is 2.37. The van der Waals surface area contributed by atoms with Gasteiger partial charge in [0.05, 0.1) is 33.3 Å². The molecule has 0 bridgehead atoms. The number of ether oxygens (including phenoxy) is 3. The first-order valence-corrected chi connectivity index (χ1v) is 5.88. The number of methoxy groups -OCH3 is 3. The molecule has 0 spiro atoms. The van der Waals surface area contributed by atoms with Gasteiger partial charge >= 0.3 is 5.97 Å². The van der Waals surface area contributed by atoms with E-state index in [4.69, 9.17) is 14.2 Å². The molecule has 0 fully saturated rings. The van der Waals surface area contributed by atoms with Gasteiger partial charge < -0.3 is 18.8 Å². The summed E-state index contributed by atoms with van der Waals surface area (Å²) in [5.41, 5.74) is 1.81. The van der Waals surface area contributed by atoms with Crippen LogP contribution in [0.4, 0.5) is 0 Å². The van der Waals surface area contributed by atoms with Crippen LogP contribution in [0.5, 0.6) is 11.5 Å². The van der Waals surface area contributed by atoms with Crippen LogP contribution in [0, 0.1) is 0 Å². The maximum absolute atomic E-state index is 11.4. The average molecular weight is 263 g/mol. The van der Waals surface area contributed by atoms with Gasteiger partial charge in [-0.15, -0.1) is 0 Å². The minimum absolute atomic E-state index is 0.239. The Labute approximate surface area is 111 Å². The first-order valence-electron chi connectivity index (χ1n) is 5.88. The van der Waals surface area contributed by atoms with Gasteiger partial charge in [-0.2, -0.15) is 0 Å². The fourth-order valence-corrected chi connectivity index (χ4v) is 2.26. The minimum Gasteiger partial charge on any atom is -0.493 e. The third-order valence-electron chi connectivity index (χ3n) is 3.13. The van der Waals surface area contributed by atoms with Crippen LogP contribution in [-0.2, 0) is 23.0 Å². The second-order valence-corrected chi connectivity index (χ2v) is 4.22. The van der Waals surface area contributed by atoms with Crippen molar-refractivity contribution in [2.24, 2.45) is 7.05 Å². The van der Waals surface area contributed by atoms with Crippen molar-refractivity contribution in [2.75, 3.05) is 21.3 Å². The maximum Gasteiger partial charge on any atom is 0.310 e. The highest BCUT2D eigenvalue weighted by molar-refractivity contribution is 5.93. The number of carbonyl (C=O) groups excluding carboxylic acids is 1. The van der Waals surface area contributed by atoms with E-state index in [1.807, 2.05) is 29.9 Å². The quantitative estimate of drug-likeness (QED) is 0.791. The van der Waals surface area contributed by atoms with Crippen LogP contribution in [0.25, 0.3) is 10.9 Å². The molecule has 0 aliphatic rings. The average Bonchev–Trinajstić information content (AvgIpc) is 2.74. The van der Waals surface area contributed by atoms with E-state index in [0.29, 0.717) is 11.5 Å². The van der Waals surface area contributed by atoms with Crippen molar-refractivity contribution in [3.8, 4) is 11.5 Å². The van der Waals surface area contributed by atoms with Crippen LogP contribution < -0.4 is 9.47 Å². The predicted octanol–water partition coefficient (Wildman–Crippen LogP) is 1.91. The molecule has 5 nitrogen and oxygen atoms in total. The fourth-order valence-electron chi connectivity index (χ4n) is 2.26. The summed E-state index contributed by atoms with van der Waals surface area (Å²) in [6, 6.07) is 3.76. The summed E-state index contributed by atoms with van der Waals surface area (Å²) in [5, 5.41) is 0.963. The highest BCUT2D eigenvalue weighted by atomic mass is 16.5. The number of hydrogen-bond acceptors (Lipinski definition) is 4. The smallest absolute Gasteiger partial charge is 0.310 e. The highest BCUT2D eigenvalue weighted by Gasteiger charge is 2.17. The Balaban J connectivity index is 2.62. The van der Waals surface area contributed by atoms with Crippen molar-refractivity contribution in [3.63, 3.8) is 0 Å². The molecular formula is C14H17NO4. The molecular weight excluding hydrogens is 246 g/mol. The first-order chi connectivity index (χ1) is 9.12. The fraction of sp³-hybridized carbons (Fsp3) is 0.357. The van der Waals surface area contributed by atoms with Crippen LogP contribution in [-0.4, -0.2) is 31.9 Å². The molecule has 0 unspecified atom stereocenters. The number of aromatic nitrogens is 1. The van der Waals surface area contributed by atoms with Gasteiger partial charge in [0, 0.05) is 18.6 Å². The van der Waals surface area contributed by atoms with Gasteiger partial charge in [0.15, 0.2) is 11.5 Å². The minimum atomic E-state index is -0.262. The Hall–Kier alpha value is -2.17. The Morgan fingerprint density at radius 3 is 2.53 bits per heavy atom. The molecule has 0 aliphatic carbocycles. The summed E-state index contributed by atoms with van der Waals surface area (Å²) < 4.78 is 17.3. The predicted molar refractivity (Wildman–Crippen MR) is 71.7 cm³/mol. The summed E-state index contributed by atoms with van der Waals surface area (Å²) in [7, 11) is 6.49. The summed E-state index contributed by atoms with van der Waals surface area (Å²) in [6.07, 6.45) is 2.15. The second-order valence-electron chi connectivity index (χ2n) is 4.22. The molecule has 0 saturated heterocycles. The number of aryl methyl sites for hydroxylation is 1. The third-order valence-corrected chi connectivity index (χ3v) is 3.13. The number of esters is 1. The number of rotatable bonds is 4. The van der Waals surface area contributed by atoms with Gasteiger partial charge in [-0.3, -0.25) is 4.79 Å². The summed E-state index contributed by atoms with van der Waals surface area (Å²) >= 11 is 0. The van der Waals surface area contributed by atoms with Crippen molar-refractivity contribution < 1.29 is 19.0 Å². The molecule has 0 N–H and O–H groups in total. The molecule has 19 heavy (non-hydrogen) atoms. The standard InChI is InChI=1S/C14H17NO4/c1-15-8-9(7-12(16)18-3)10-5-6-11(17-2)14(19-4)13(10)15/h5-6,8H,7H2,1-4H3. The lowest BCUT2D eigenvalue weighted by molar-refractivity contribution is -0.139. The van der Waals surface area contributed by atoms with Gasteiger partial charge in [0.25, 0.3) is 0 Å². The Bertz CT molecular complexity index is 615. The normalized spacial score (nSPS) is 10.5. The number of fused-ring (bicyclic) bond motifs is 1. The number of carbonyl (C=O) groups is 1. The Morgan fingerprint density at radius 1 is 1.21 bits per heavy atom. The number of hydrogen-bond donors (Lipinski definition) is 0. The molecule has 0 atom stereocenters. The van der Waals surface area contributed by atoms with Crippen LogP contribution in [0.3, 0.4) is 0 Å². The molecule has 0 aliphatic heterocycles. The first kappa shape index (κ1) is 13.3. The zero-order valence-electron chi connectivity index (χ0n) is 11.5. The second kappa shape index (κ2) is 5.22. The van der Waals surface area contributed by atoms with E-state index in [0.717, 1.165) is 16.5 Å². The largest absolute Gasteiger partial charge is 0.493 e. The molecule has 2 aromatic rings. The Morgan fingerprint density at radius 2 is 1.95 bits per heavy atom. The molecule has 1 heterocycles. The van der Waals surface area contributed by atoms with Gasteiger partial charge in [0.1, 0.15) is 0 Å². The SMILES string of the molecule is COC(=O)Cc1cn(C)c2c(OC)c(OC)ccc12. The maximum atomic E-state index is 11.4. The molecule has 0 amide bonds. The van der Waals surface area contributed by atoms with Crippen molar-refractivity contribution in [3.05, 3.63) is 23.9 Å². The van der Waals surface area contributed by atoms with Gasteiger partial charge in [-0.25, -0.2) is 0 Å². The van der Waals surface area contributed by atoms with E-state index in [-0.39, 0.29) is 12.4 Å². The summed E-state index contributed by atoms with van der Waals surface area (Å²) in [5.74, 6) is 1.07. The third kappa shape index (κ3) is 2.23. The van der Waals surface area contributed by atoms with Crippen molar-refractivity contribution in [1.29, 1.82) is 0 Å². The zero-order valence-corrected chi connectivity index (χ0v) is 11.5. The van der Waals surface area contributed by atoms with Crippen molar-refractivity contribution in [2.45, 2.75) is 6.42 Å². The van der Waals surface area contributed by atoms with E-state index in [1.165, 1.54) is 7.11 Å². The lowest BCUT2D eigenvalue weighted by Crippen LogP contribution is -2.03. The molecule has 1 aromatic heterocycles. The van der Waals surface area contributed by atoms with Crippen LogP contribution >= 0.6 is 0 Å². The topological polar surface area (TPSA) is 49.7 Å². The molecule has 0 saturated carbocycles. The Kier molecular flexibility index (Phi) is 3.64. The summed E-state index contributed by atoms with van der Waals surface area (Å²) in [4.78, 5) is 11.4. The monoisotopic (exact) mass is 263 g/mol. The van der Waals surface area contributed by atoms with E-state index in [1.54, 1.807) is 14.2 Å². The molecule has 0 radical (unpaired) electrons. The van der Waals surface area contributed by atoms with Gasteiger partial charge in [0.2, 0.25) is 0 Å². The molecule has 1 aromatic carbocycles. The van der Waals surface area contributed by atoms with Crippen LogP contribution in [0.2, 0.25) is 0 Å². The van der Waals surface area contributed by atoms with E-state index < -0.39 is 0 Å². The van der Waals surface area contributed by atoms with Crippen molar-refractivity contribution >= 4 is 16.9 Å². The van der Waals surface area contributed by atoms with Crippen LogP contribution in [0.1, 0.15) is 5.56 Å². The molecule has 2 rings (SSSR count). The van der Waals surface area contributed by atoms with Gasteiger partial charge in [-0.05, 0) is 17.7 Å². The molecule has 5 heteroatoms. The summed E-state index contributed by atoms with van der Waals surface area (Å²) in [6.45, 7) is 0. The zero-order chi connectivity index (χ0) is 14.0.